The van der Waals surface area contributed by atoms with Crippen LogP contribution in [-0.2, 0) is 9.53 Å². The molecule has 1 aromatic rings. The third-order valence-corrected chi connectivity index (χ3v) is 8.54. The van der Waals surface area contributed by atoms with Gasteiger partial charge in [0.2, 0.25) is 8.32 Å². The van der Waals surface area contributed by atoms with E-state index in [0.717, 1.165) is 11.3 Å². The number of benzene rings is 1. The SMILES string of the molecule is CCOC(=O)C(C)c1ccccc1O[Si](C)(C)C(C)(C)C. The van der Waals surface area contributed by atoms with Gasteiger partial charge in [-0.15, -0.1) is 0 Å². The Kier molecular flexibility index (Phi) is 5.62. The maximum absolute atomic E-state index is 12.0. The predicted molar refractivity (Wildman–Crippen MR) is 89.3 cm³/mol. The molecule has 0 aromatic heterocycles. The van der Waals surface area contributed by atoms with Crippen LogP contribution in [0.1, 0.15) is 46.1 Å². The van der Waals surface area contributed by atoms with Crippen molar-refractivity contribution < 1.29 is 14.0 Å². The van der Waals surface area contributed by atoms with E-state index in [1.54, 1.807) is 0 Å². The fourth-order valence-corrected chi connectivity index (χ4v) is 2.80. The molecule has 0 fully saturated rings. The molecule has 118 valence electrons. The molecule has 0 bridgehead atoms. The molecule has 0 saturated heterocycles. The summed E-state index contributed by atoms with van der Waals surface area (Å²) in [6.07, 6.45) is 0. The largest absolute Gasteiger partial charge is 0.543 e. The Balaban J connectivity index is 3.08. The molecule has 21 heavy (non-hydrogen) atoms. The molecule has 0 aliphatic carbocycles. The highest BCUT2D eigenvalue weighted by atomic mass is 28.4. The number of esters is 1. The molecule has 4 heteroatoms. The van der Waals surface area contributed by atoms with Crippen molar-refractivity contribution in [2.24, 2.45) is 0 Å². The molecule has 0 saturated carbocycles. The highest BCUT2D eigenvalue weighted by molar-refractivity contribution is 6.74. The average molecular weight is 308 g/mol. The monoisotopic (exact) mass is 308 g/mol. The van der Waals surface area contributed by atoms with Crippen LogP contribution in [0.4, 0.5) is 0 Å². The van der Waals surface area contributed by atoms with Crippen molar-refractivity contribution in [1.29, 1.82) is 0 Å². The number of carbonyl (C=O) groups excluding carboxylic acids is 1. The Morgan fingerprint density at radius 3 is 2.33 bits per heavy atom. The van der Waals surface area contributed by atoms with Crippen LogP contribution in [0, 0.1) is 0 Å². The zero-order valence-electron chi connectivity index (χ0n) is 14.3. The standard InChI is InChI=1S/C17H28O3Si/c1-8-19-16(18)13(2)14-11-9-10-12-15(14)20-21(6,7)17(3,4)5/h9-13H,8H2,1-7H3. The fourth-order valence-electron chi connectivity index (χ4n) is 1.75. The van der Waals surface area contributed by atoms with Gasteiger partial charge in [-0.2, -0.15) is 0 Å². The van der Waals surface area contributed by atoms with E-state index in [2.05, 4.69) is 33.9 Å². The van der Waals surface area contributed by atoms with E-state index >= 15 is 0 Å². The van der Waals surface area contributed by atoms with Gasteiger partial charge in [0.05, 0.1) is 12.5 Å². The maximum atomic E-state index is 12.0. The minimum atomic E-state index is -1.93. The van der Waals surface area contributed by atoms with Crippen molar-refractivity contribution in [3.05, 3.63) is 29.8 Å². The first-order chi connectivity index (χ1) is 9.60. The Hall–Kier alpha value is -1.29. The van der Waals surface area contributed by atoms with Crippen LogP contribution in [0.2, 0.25) is 18.1 Å². The number of ether oxygens (including phenoxy) is 1. The topological polar surface area (TPSA) is 35.5 Å². The molecule has 1 unspecified atom stereocenters. The summed E-state index contributed by atoms with van der Waals surface area (Å²) in [5.74, 6) is 0.291. The Bertz CT molecular complexity index is 489. The van der Waals surface area contributed by atoms with Gasteiger partial charge < -0.3 is 9.16 Å². The summed E-state index contributed by atoms with van der Waals surface area (Å²) in [7, 11) is -1.93. The number of carbonyl (C=O) groups is 1. The molecular weight excluding hydrogens is 280 g/mol. The van der Waals surface area contributed by atoms with E-state index in [9.17, 15) is 4.79 Å². The lowest BCUT2D eigenvalue weighted by molar-refractivity contribution is -0.144. The van der Waals surface area contributed by atoms with Crippen molar-refractivity contribution in [3.8, 4) is 5.75 Å². The third kappa shape index (κ3) is 4.33. The van der Waals surface area contributed by atoms with Crippen molar-refractivity contribution in [2.45, 2.75) is 58.7 Å². The van der Waals surface area contributed by atoms with Gasteiger partial charge in [-0.1, -0.05) is 39.0 Å². The minimum absolute atomic E-state index is 0.118. The van der Waals surface area contributed by atoms with Crippen LogP contribution in [0.3, 0.4) is 0 Å². The quantitative estimate of drug-likeness (QED) is 0.582. The number of hydrogen-bond acceptors (Lipinski definition) is 3. The first kappa shape index (κ1) is 17.8. The second-order valence-corrected chi connectivity index (χ2v) is 11.6. The van der Waals surface area contributed by atoms with Gasteiger partial charge in [-0.25, -0.2) is 0 Å². The van der Waals surface area contributed by atoms with Crippen LogP contribution in [-0.4, -0.2) is 20.9 Å². The zero-order valence-corrected chi connectivity index (χ0v) is 15.3. The molecule has 1 rings (SSSR count). The van der Waals surface area contributed by atoms with E-state index in [-0.39, 0.29) is 16.9 Å². The van der Waals surface area contributed by atoms with Gasteiger partial charge in [0.25, 0.3) is 0 Å². The highest BCUT2D eigenvalue weighted by Crippen LogP contribution is 2.39. The van der Waals surface area contributed by atoms with Gasteiger partial charge in [-0.3, -0.25) is 4.79 Å². The lowest BCUT2D eigenvalue weighted by Crippen LogP contribution is -2.44. The van der Waals surface area contributed by atoms with Crippen LogP contribution >= 0.6 is 0 Å². The summed E-state index contributed by atoms with van der Waals surface area (Å²) >= 11 is 0. The van der Waals surface area contributed by atoms with Gasteiger partial charge in [0, 0.05) is 5.56 Å². The van der Waals surface area contributed by atoms with Crippen molar-refractivity contribution in [3.63, 3.8) is 0 Å². The van der Waals surface area contributed by atoms with Crippen LogP contribution in [0.5, 0.6) is 5.75 Å². The first-order valence-electron chi connectivity index (χ1n) is 7.54. The fraction of sp³-hybridized carbons (Fsp3) is 0.588. The minimum Gasteiger partial charge on any atom is -0.543 e. The van der Waals surface area contributed by atoms with E-state index in [1.807, 2.05) is 38.1 Å². The number of hydrogen-bond donors (Lipinski definition) is 0. The summed E-state index contributed by atoms with van der Waals surface area (Å²) < 4.78 is 11.5. The lowest BCUT2D eigenvalue weighted by atomic mass is 10.0. The Morgan fingerprint density at radius 1 is 1.24 bits per heavy atom. The summed E-state index contributed by atoms with van der Waals surface area (Å²) in [6.45, 7) is 15.1. The Labute approximate surface area is 129 Å². The molecular formula is C17H28O3Si. The predicted octanol–water partition coefficient (Wildman–Crippen LogP) is 4.74. The normalized spacial score (nSPS) is 13.7. The lowest BCUT2D eigenvalue weighted by Gasteiger charge is -2.37. The van der Waals surface area contributed by atoms with Crippen molar-refractivity contribution in [1.82, 2.24) is 0 Å². The summed E-state index contributed by atoms with van der Waals surface area (Å²) in [5, 5.41) is 0.118. The van der Waals surface area contributed by atoms with E-state index in [4.69, 9.17) is 9.16 Å². The van der Waals surface area contributed by atoms with Crippen molar-refractivity contribution in [2.75, 3.05) is 6.61 Å². The molecule has 0 N–H and O–H groups in total. The second kappa shape index (κ2) is 6.65. The first-order valence-corrected chi connectivity index (χ1v) is 10.5. The highest BCUT2D eigenvalue weighted by Gasteiger charge is 2.39. The van der Waals surface area contributed by atoms with Gasteiger partial charge in [0.15, 0.2) is 0 Å². The van der Waals surface area contributed by atoms with Crippen molar-refractivity contribution >= 4 is 14.3 Å². The van der Waals surface area contributed by atoms with Crippen LogP contribution < -0.4 is 4.43 Å². The number of para-hydroxylation sites is 1. The molecule has 0 amide bonds. The summed E-state index contributed by atoms with van der Waals surface area (Å²) in [4.78, 5) is 12.0. The van der Waals surface area contributed by atoms with Crippen LogP contribution in [0.25, 0.3) is 0 Å². The summed E-state index contributed by atoms with van der Waals surface area (Å²) in [6, 6.07) is 7.78. The molecule has 0 aliphatic rings. The maximum Gasteiger partial charge on any atom is 0.313 e. The molecule has 0 spiro atoms. The summed E-state index contributed by atoms with van der Waals surface area (Å²) in [5.41, 5.74) is 0.903. The smallest absolute Gasteiger partial charge is 0.313 e. The third-order valence-electron chi connectivity index (χ3n) is 4.20. The van der Waals surface area contributed by atoms with Crippen LogP contribution in [0.15, 0.2) is 24.3 Å². The van der Waals surface area contributed by atoms with Gasteiger partial charge in [0.1, 0.15) is 5.75 Å². The zero-order chi connectivity index (χ0) is 16.3. The molecule has 1 atom stereocenters. The molecule has 0 heterocycles. The van der Waals surface area contributed by atoms with E-state index in [1.165, 1.54) is 0 Å². The van der Waals surface area contributed by atoms with E-state index in [0.29, 0.717) is 6.61 Å². The Morgan fingerprint density at radius 2 is 1.81 bits per heavy atom. The molecule has 0 radical (unpaired) electrons. The number of rotatable bonds is 5. The average Bonchev–Trinajstić information content (AvgIpc) is 2.37. The second-order valence-electron chi connectivity index (χ2n) is 6.87. The molecule has 1 aromatic carbocycles. The molecule has 3 nitrogen and oxygen atoms in total. The van der Waals surface area contributed by atoms with Gasteiger partial charge in [-0.05, 0) is 38.0 Å². The van der Waals surface area contributed by atoms with E-state index < -0.39 is 8.32 Å². The van der Waals surface area contributed by atoms with Gasteiger partial charge >= 0.3 is 5.97 Å². The molecule has 0 aliphatic heterocycles.